The van der Waals surface area contributed by atoms with Gasteiger partial charge in [0.1, 0.15) is 16.0 Å². The van der Waals surface area contributed by atoms with E-state index in [-0.39, 0.29) is 6.04 Å². The molecule has 90 valence electrons. The fourth-order valence-electron chi connectivity index (χ4n) is 1.46. The van der Waals surface area contributed by atoms with Crippen molar-refractivity contribution in [2.45, 2.75) is 25.8 Å². The van der Waals surface area contributed by atoms with E-state index in [9.17, 15) is 0 Å². The Morgan fingerprint density at radius 3 is 2.12 bits per heavy atom. The van der Waals surface area contributed by atoms with Crippen LogP contribution >= 0.6 is 15.9 Å². The molecule has 0 aliphatic rings. The first-order valence-corrected chi connectivity index (χ1v) is 6.03. The van der Waals surface area contributed by atoms with Gasteiger partial charge in [-0.1, -0.05) is 0 Å². The van der Waals surface area contributed by atoms with Gasteiger partial charge in [-0.05, 0) is 53.4 Å². The Balaban J connectivity index is 2.93. The van der Waals surface area contributed by atoms with E-state index in [0.717, 1.165) is 28.8 Å². The van der Waals surface area contributed by atoms with E-state index in [1.165, 1.54) is 5.56 Å². The van der Waals surface area contributed by atoms with Gasteiger partial charge in [-0.25, -0.2) is 0 Å². The molecule has 16 heavy (non-hydrogen) atoms. The van der Waals surface area contributed by atoms with Gasteiger partial charge in [-0.15, -0.1) is 0 Å². The van der Waals surface area contributed by atoms with Gasteiger partial charge < -0.3 is 15.2 Å². The Labute approximate surface area is 105 Å². The molecule has 2 N–H and O–H groups in total. The fourth-order valence-corrected chi connectivity index (χ4v) is 2.01. The van der Waals surface area contributed by atoms with Crippen LogP contribution in [0.1, 0.15) is 18.9 Å². The van der Waals surface area contributed by atoms with E-state index in [0.29, 0.717) is 0 Å². The van der Waals surface area contributed by atoms with Crippen LogP contribution in [0.5, 0.6) is 11.5 Å². The third-order valence-electron chi connectivity index (χ3n) is 2.39. The van der Waals surface area contributed by atoms with Crippen molar-refractivity contribution in [3.63, 3.8) is 0 Å². The zero-order valence-electron chi connectivity index (χ0n) is 9.92. The lowest BCUT2D eigenvalue weighted by atomic mass is 10.1. The molecule has 0 aliphatic carbocycles. The van der Waals surface area contributed by atoms with Crippen molar-refractivity contribution >= 4 is 15.9 Å². The fraction of sp³-hybridized carbons (Fsp3) is 0.500. The predicted molar refractivity (Wildman–Crippen MR) is 69.2 cm³/mol. The molecule has 1 aromatic carbocycles. The summed E-state index contributed by atoms with van der Waals surface area (Å²) in [5.41, 5.74) is 6.91. The van der Waals surface area contributed by atoms with E-state index >= 15 is 0 Å². The van der Waals surface area contributed by atoms with Crippen LogP contribution in [-0.2, 0) is 6.42 Å². The molecule has 0 aromatic heterocycles. The van der Waals surface area contributed by atoms with Gasteiger partial charge in [0.25, 0.3) is 0 Å². The van der Waals surface area contributed by atoms with Gasteiger partial charge in [0.05, 0.1) is 14.2 Å². The number of nitrogens with two attached hydrogens (primary N) is 1. The van der Waals surface area contributed by atoms with E-state index < -0.39 is 0 Å². The average Bonchev–Trinajstić information content (AvgIpc) is 2.27. The standard InChI is InChI=1S/C12H18BrNO2/c1-8(14)4-5-9-6-10(15-2)12(13)11(7-9)16-3/h6-8H,4-5,14H2,1-3H3/t8-/m0/s1. The molecule has 1 rings (SSSR count). The van der Waals surface area contributed by atoms with Crippen LogP contribution in [-0.4, -0.2) is 20.3 Å². The highest BCUT2D eigenvalue weighted by Crippen LogP contribution is 2.35. The lowest BCUT2D eigenvalue weighted by molar-refractivity contribution is 0.388. The quantitative estimate of drug-likeness (QED) is 0.906. The van der Waals surface area contributed by atoms with Crippen molar-refractivity contribution in [2.75, 3.05) is 14.2 Å². The van der Waals surface area contributed by atoms with Crippen LogP contribution < -0.4 is 15.2 Å². The number of halogens is 1. The summed E-state index contributed by atoms with van der Waals surface area (Å²) in [6.45, 7) is 2.01. The molecule has 1 aromatic rings. The Morgan fingerprint density at radius 2 is 1.75 bits per heavy atom. The summed E-state index contributed by atoms with van der Waals surface area (Å²) in [5.74, 6) is 1.58. The molecule has 0 unspecified atom stereocenters. The SMILES string of the molecule is COc1cc(CC[C@H](C)N)cc(OC)c1Br. The van der Waals surface area contributed by atoms with Crippen LogP contribution in [0.3, 0.4) is 0 Å². The molecule has 0 saturated heterocycles. The molecule has 1 atom stereocenters. The molecule has 0 heterocycles. The largest absolute Gasteiger partial charge is 0.495 e. The molecule has 0 saturated carbocycles. The molecule has 0 radical (unpaired) electrons. The summed E-state index contributed by atoms with van der Waals surface area (Å²) >= 11 is 3.44. The van der Waals surface area contributed by atoms with Gasteiger partial charge >= 0.3 is 0 Å². The Morgan fingerprint density at radius 1 is 1.25 bits per heavy atom. The number of methoxy groups -OCH3 is 2. The van der Waals surface area contributed by atoms with Gasteiger partial charge in [0.2, 0.25) is 0 Å². The Hall–Kier alpha value is -0.740. The first-order chi connectivity index (χ1) is 7.58. The molecule has 0 aliphatic heterocycles. The topological polar surface area (TPSA) is 44.5 Å². The summed E-state index contributed by atoms with van der Waals surface area (Å²) in [4.78, 5) is 0. The first-order valence-electron chi connectivity index (χ1n) is 5.24. The molecule has 0 fully saturated rings. The number of benzene rings is 1. The third kappa shape index (κ3) is 3.39. The second-order valence-corrected chi connectivity index (χ2v) is 4.62. The molecular weight excluding hydrogens is 270 g/mol. The zero-order chi connectivity index (χ0) is 12.1. The van der Waals surface area contributed by atoms with E-state index in [2.05, 4.69) is 15.9 Å². The first kappa shape index (κ1) is 13.3. The van der Waals surface area contributed by atoms with Crippen LogP contribution in [0.2, 0.25) is 0 Å². The summed E-state index contributed by atoms with van der Waals surface area (Å²) in [6.07, 6.45) is 1.88. The van der Waals surface area contributed by atoms with Crippen molar-refractivity contribution < 1.29 is 9.47 Å². The maximum absolute atomic E-state index is 5.74. The Bertz CT molecular complexity index is 328. The molecule has 0 amide bonds. The minimum Gasteiger partial charge on any atom is -0.495 e. The summed E-state index contributed by atoms with van der Waals surface area (Å²) in [7, 11) is 3.30. The van der Waals surface area contributed by atoms with E-state index in [4.69, 9.17) is 15.2 Å². The maximum Gasteiger partial charge on any atom is 0.137 e. The van der Waals surface area contributed by atoms with Crippen LogP contribution in [0.25, 0.3) is 0 Å². The van der Waals surface area contributed by atoms with Crippen molar-refractivity contribution in [3.05, 3.63) is 22.2 Å². The second-order valence-electron chi connectivity index (χ2n) is 3.83. The normalized spacial score (nSPS) is 12.3. The molecule has 0 spiro atoms. The smallest absolute Gasteiger partial charge is 0.137 e. The van der Waals surface area contributed by atoms with Crippen molar-refractivity contribution in [3.8, 4) is 11.5 Å². The predicted octanol–water partition coefficient (Wildman–Crippen LogP) is 2.75. The highest BCUT2D eigenvalue weighted by molar-refractivity contribution is 9.10. The van der Waals surface area contributed by atoms with E-state index in [1.54, 1.807) is 14.2 Å². The molecular formula is C12H18BrNO2. The summed E-state index contributed by atoms with van der Waals surface area (Å²) < 4.78 is 11.4. The van der Waals surface area contributed by atoms with Gasteiger partial charge in [-0.3, -0.25) is 0 Å². The number of hydrogen-bond acceptors (Lipinski definition) is 3. The number of aryl methyl sites for hydroxylation is 1. The van der Waals surface area contributed by atoms with E-state index in [1.807, 2.05) is 19.1 Å². The van der Waals surface area contributed by atoms with Gasteiger partial charge in [0, 0.05) is 6.04 Å². The summed E-state index contributed by atoms with van der Waals surface area (Å²) in [5, 5.41) is 0. The highest BCUT2D eigenvalue weighted by Gasteiger charge is 2.10. The highest BCUT2D eigenvalue weighted by atomic mass is 79.9. The molecule has 4 heteroatoms. The van der Waals surface area contributed by atoms with Gasteiger partial charge in [-0.2, -0.15) is 0 Å². The number of ether oxygens (including phenoxy) is 2. The van der Waals surface area contributed by atoms with Crippen LogP contribution in [0, 0.1) is 0 Å². The lowest BCUT2D eigenvalue weighted by Gasteiger charge is -2.12. The molecule has 0 bridgehead atoms. The third-order valence-corrected chi connectivity index (χ3v) is 3.18. The second kappa shape index (κ2) is 6.11. The van der Waals surface area contributed by atoms with Crippen LogP contribution in [0.4, 0.5) is 0 Å². The van der Waals surface area contributed by atoms with Crippen molar-refractivity contribution in [2.24, 2.45) is 5.73 Å². The zero-order valence-corrected chi connectivity index (χ0v) is 11.5. The minimum atomic E-state index is 0.209. The van der Waals surface area contributed by atoms with Gasteiger partial charge in [0.15, 0.2) is 0 Å². The maximum atomic E-state index is 5.74. The minimum absolute atomic E-state index is 0.209. The van der Waals surface area contributed by atoms with Crippen LogP contribution in [0.15, 0.2) is 16.6 Å². The average molecular weight is 288 g/mol. The van der Waals surface area contributed by atoms with Crippen molar-refractivity contribution in [1.82, 2.24) is 0 Å². The Kier molecular flexibility index (Phi) is 5.09. The summed E-state index contributed by atoms with van der Waals surface area (Å²) in [6, 6.07) is 4.23. The van der Waals surface area contributed by atoms with Crippen molar-refractivity contribution in [1.29, 1.82) is 0 Å². The molecule has 3 nitrogen and oxygen atoms in total. The number of hydrogen-bond donors (Lipinski definition) is 1. The number of rotatable bonds is 5. The lowest BCUT2D eigenvalue weighted by Crippen LogP contribution is -2.15. The monoisotopic (exact) mass is 287 g/mol.